The molecule has 0 fully saturated rings. The van der Waals surface area contributed by atoms with Crippen molar-refractivity contribution in [2.45, 2.75) is 19.5 Å². The lowest BCUT2D eigenvalue weighted by atomic mass is 10.00. The fourth-order valence-corrected chi connectivity index (χ4v) is 4.49. The van der Waals surface area contributed by atoms with E-state index >= 15 is 0 Å². The molecule has 8 heteroatoms. The largest absolute Gasteiger partial charge is 0.460 e. The number of ether oxygens (including phenoxy) is 2. The van der Waals surface area contributed by atoms with Crippen LogP contribution < -0.4 is 5.32 Å². The summed E-state index contributed by atoms with van der Waals surface area (Å²) in [6, 6.07) is 10.8. The smallest absolute Gasteiger partial charge is 0.338 e. The Morgan fingerprint density at radius 3 is 2.68 bits per heavy atom. The third kappa shape index (κ3) is 4.63. The number of allylic oxidation sites excluding steroid dienone is 1. The Labute approximate surface area is 176 Å². The number of halogens is 1. The molecule has 0 spiro atoms. The predicted octanol–water partition coefficient (Wildman–Crippen LogP) is 4.24. The van der Waals surface area contributed by atoms with Crippen LogP contribution in [-0.2, 0) is 20.8 Å². The molecule has 148 valence electrons. The van der Waals surface area contributed by atoms with Gasteiger partial charge in [-0.15, -0.1) is 11.3 Å². The number of methoxy groups -OCH3 is 1. The molecule has 0 aliphatic carbocycles. The van der Waals surface area contributed by atoms with Gasteiger partial charge in [0.1, 0.15) is 6.61 Å². The second-order valence-corrected chi connectivity index (χ2v) is 8.11. The van der Waals surface area contributed by atoms with Crippen molar-refractivity contribution in [3.05, 3.63) is 68.0 Å². The monoisotopic (exact) mass is 464 g/mol. The van der Waals surface area contributed by atoms with Crippen molar-refractivity contribution in [1.82, 2.24) is 10.2 Å². The normalized spacial score (nSPS) is 16.9. The molecule has 1 atom stereocenters. The van der Waals surface area contributed by atoms with Gasteiger partial charge < -0.3 is 14.8 Å². The van der Waals surface area contributed by atoms with Gasteiger partial charge in [0, 0.05) is 27.5 Å². The van der Waals surface area contributed by atoms with Gasteiger partial charge in [0.2, 0.25) is 0 Å². The second-order valence-electron chi connectivity index (χ2n) is 6.25. The molecule has 0 saturated heterocycles. The highest BCUT2D eigenvalue weighted by molar-refractivity contribution is 9.10. The predicted molar refractivity (Wildman–Crippen MR) is 111 cm³/mol. The Kier molecular flexibility index (Phi) is 6.88. The number of benzene rings is 1. The van der Waals surface area contributed by atoms with Gasteiger partial charge in [-0.3, -0.25) is 4.90 Å². The summed E-state index contributed by atoms with van der Waals surface area (Å²) in [5, 5.41) is 4.87. The highest BCUT2D eigenvalue weighted by Gasteiger charge is 2.37. The van der Waals surface area contributed by atoms with E-state index in [0.717, 1.165) is 14.9 Å². The van der Waals surface area contributed by atoms with Gasteiger partial charge in [-0.1, -0.05) is 30.3 Å². The molecule has 3 rings (SSSR count). The van der Waals surface area contributed by atoms with Gasteiger partial charge in [0.25, 0.3) is 0 Å². The molecule has 1 N–H and O–H groups in total. The summed E-state index contributed by atoms with van der Waals surface area (Å²) >= 11 is 4.90. The molecule has 6 nitrogen and oxygen atoms in total. The zero-order valence-electron chi connectivity index (χ0n) is 15.6. The standard InChI is InChI=1S/C20H21BrN2O4S/c1-13-17(19(24)27-9-8-26-2)18(16-10-15(21)12-28-16)22-20(25)23(13)11-14-6-4-3-5-7-14/h3-7,10,12,18H,8-9,11H2,1-2H3,(H,22,25). The third-order valence-corrected chi connectivity index (χ3v) is 6.15. The van der Waals surface area contributed by atoms with Crippen molar-refractivity contribution < 1.29 is 19.1 Å². The number of amides is 2. The van der Waals surface area contributed by atoms with E-state index in [4.69, 9.17) is 9.47 Å². The van der Waals surface area contributed by atoms with Crippen molar-refractivity contribution in [3.8, 4) is 0 Å². The summed E-state index contributed by atoms with van der Waals surface area (Å²) in [4.78, 5) is 28.1. The van der Waals surface area contributed by atoms with Crippen LogP contribution in [0.4, 0.5) is 4.79 Å². The Hall–Kier alpha value is -2.16. The Bertz CT molecular complexity index is 881. The van der Waals surface area contributed by atoms with Gasteiger partial charge >= 0.3 is 12.0 Å². The fourth-order valence-electron chi connectivity index (χ4n) is 2.99. The van der Waals surface area contributed by atoms with Crippen LogP contribution in [-0.4, -0.2) is 37.2 Å². The Balaban J connectivity index is 1.95. The van der Waals surface area contributed by atoms with Crippen molar-refractivity contribution in [2.75, 3.05) is 20.3 Å². The van der Waals surface area contributed by atoms with Crippen LogP contribution in [0.2, 0.25) is 0 Å². The molecule has 1 aromatic carbocycles. The number of esters is 1. The average Bonchev–Trinajstić information content (AvgIpc) is 3.12. The molecule has 1 aromatic heterocycles. The van der Waals surface area contributed by atoms with E-state index in [2.05, 4.69) is 21.2 Å². The zero-order chi connectivity index (χ0) is 20.1. The second kappa shape index (κ2) is 9.36. The van der Waals surface area contributed by atoms with Gasteiger partial charge in [-0.05, 0) is 34.5 Å². The zero-order valence-corrected chi connectivity index (χ0v) is 18.0. The molecular formula is C20H21BrN2O4S. The molecule has 0 saturated carbocycles. The first-order chi connectivity index (χ1) is 13.5. The van der Waals surface area contributed by atoms with Crippen LogP contribution in [0.5, 0.6) is 0 Å². The van der Waals surface area contributed by atoms with Crippen LogP contribution in [0.1, 0.15) is 23.4 Å². The first-order valence-electron chi connectivity index (χ1n) is 8.74. The van der Waals surface area contributed by atoms with Gasteiger partial charge in [0.05, 0.1) is 24.8 Å². The number of rotatable bonds is 7. The van der Waals surface area contributed by atoms with Gasteiger partial charge in [-0.2, -0.15) is 0 Å². The van der Waals surface area contributed by atoms with E-state index in [9.17, 15) is 9.59 Å². The Morgan fingerprint density at radius 2 is 2.04 bits per heavy atom. The van der Waals surface area contributed by atoms with Crippen LogP contribution in [0, 0.1) is 0 Å². The summed E-state index contributed by atoms with van der Waals surface area (Å²) < 4.78 is 11.2. The van der Waals surface area contributed by atoms with E-state index in [1.54, 1.807) is 18.9 Å². The molecule has 2 amide bonds. The highest BCUT2D eigenvalue weighted by Crippen LogP contribution is 2.36. The minimum Gasteiger partial charge on any atom is -0.460 e. The summed E-state index contributed by atoms with van der Waals surface area (Å²) in [7, 11) is 1.55. The lowest BCUT2D eigenvalue weighted by Crippen LogP contribution is -2.47. The topological polar surface area (TPSA) is 67.9 Å². The number of urea groups is 1. The van der Waals surface area contributed by atoms with Gasteiger partial charge in [0.15, 0.2) is 0 Å². The summed E-state index contributed by atoms with van der Waals surface area (Å²) in [6.45, 7) is 2.62. The molecule has 1 aliphatic rings. The summed E-state index contributed by atoms with van der Waals surface area (Å²) in [6.07, 6.45) is 0. The Morgan fingerprint density at radius 1 is 1.29 bits per heavy atom. The quantitative estimate of drug-likeness (QED) is 0.491. The number of hydrogen-bond acceptors (Lipinski definition) is 5. The molecule has 2 heterocycles. The van der Waals surface area contributed by atoms with E-state index < -0.39 is 12.0 Å². The van der Waals surface area contributed by atoms with Crippen LogP contribution in [0.15, 0.2) is 57.5 Å². The number of nitrogens with zero attached hydrogens (tertiary/aromatic N) is 1. The van der Waals surface area contributed by atoms with Crippen molar-refractivity contribution in [3.63, 3.8) is 0 Å². The molecule has 1 unspecified atom stereocenters. The van der Waals surface area contributed by atoms with E-state index in [0.29, 0.717) is 24.4 Å². The van der Waals surface area contributed by atoms with Crippen LogP contribution >= 0.6 is 27.3 Å². The molecule has 0 radical (unpaired) electrons. The fraction of sp³-hybridized carbons (Fsp3) is 0.300. The van der Waals surface area contributed by atoms with E-state index in [1.165, 1.54) is 11.3 Å². The first kappa shape index (κ1) is 20.6. The number of carbonyl (C=O) groups excluding carboxylic acids is 2. The maximum atomic E-state index is 12.9. The number of carbonyl (C=O) groups is 2. The number of thiophene rings is 1. The van der Waals surface area contributed by atoms with Crippen LogP contribution in [0.25, 0.3) is 0 Å². The number of nitrogens with one attached hydrogen (secondary N) is 1. The maximum absolute atomic E-state index is 12.9. The van der Waals surface area contributed by atoms with Crippen molar-refractivity contribution >= 4 is 39.3 Å². The summed E-state index contributed by atoms with van der Waals surface area (Å²) in [5.41, 5.74) is 1.99. The molecular weight excluding hydrogens is 444 g/mol. The molecule has 0 bridgehead atoms. The lowest BCUT2D eigenvalue weighted by molar-refractivity contribution is -0.140. The minimum atomic E-state index is -0.550. The molecule has 28 heavy (non-hydrogen) atoms. The van der Waals surface area contributed by atoms with E-state index in [-0.39, 0.29) is 12.6 Å². The average molecular weight is 465 g/mol. The maximum Gasteiger partial charge on any atom is 0.338 e. The van der Waals surface area contributed by atoms with Crippen LogP contribution in [0.3, 0.4) is 0 Å². The minimum absolute atomic E-state index is 0.152. The number of hydrogen-bond donors (Lipinski definition) is 1. The van der Waals surface area contributed by atoms with E-state index in [1.807, 2.05) is 41.8 Å². The molecule has 2 aromatic rings. The van der Waals surface area contributed by atoms with Crippen molar-refractivity contribution in [1.29, 1.82) is 0 Å². The summed E-state index contributed by atoms with van der Waals surface area (Å²) in [5.74, 6) is -0.456. The highest BCUT2D eigenvalue weighted by atomic mass is 79.9. The molecule has 1 aliphatic heterocycles. The van der Waals surface area contributed by atoms with Gasteiger partial charge in [-0.25, -0.2) is 9.59 Å². The third-order valence-electron chi connectivity index (χ3n) is 4.39. The first-order valence-corrected chi connectivity index (χ1v) is 10.4. The SMILES string of the molecule is COCCOC(=O)C1=C(C)N(Cc2ccccc2)C(=O)NC1c1cc(Br)cs1. The van der Waals surface area contributed by atoms with Crippen molar-refractivity contribution in [2.24, 2.45) is 0 Å². The lowest BCUT2D eigenvalue weighted by Gasteiger charge is -2.35.